The van der Waals surface area contributed by atoms with E-state index >= 15 is 0 Å². The van der Waals surface area contributed by atoms with E-state index in [9.17, 15) is 9.59 Å². The molecule has 0 fully saturated rings. The van der Waals surface area contributed by atoms with Crippen LogP contribution in [0.15, 0.2) is 0 Å². The molecule has 0 amide bonds. The summed E-state index contributed by atoms with van der Waals surface area (Å²) >= 11 is 0. The zero-order valence-corrected chi connectivity index (χ0v) is 6.98. The van der Waals surface area contributed by atoms with Crippen LogP contribution in [0.4, 0.5) is 0 Å². The summed E-state index contributed by atoms with van der Waals surface area (Å²) in [6.07, 6.45) is -1.18. The number of carbonyl (C=O) groups is 2. The fourth-order valence-corrected chi connectivity index (χ4v) is 0.660. The van der Waals surface area contributed by atoms with E-state index in [2.05, 4.69) is 0 Å². The summed E-state index contributed by atoms with van der Waals surface area (Å²) in [6, 6.07) is 0. The zero-order chi connectivity index (χ0) is 9.78. The lowest BCUT2D eigenvalue weighted by Crippen LogP contribution is -2.32. The Morgan fingerprint density at radius 1 is 1.67 bits per heavy atom. The largest absolute Gasteiger partial charge is 0.481 e. The Morgan fingerprint density at radius 2 is 2.17 bits per heavy atom. The molecule has 12 heavy (non-hydrogen) atoms. The Hall–Kier alpha value is -0.940. The SMILES string of the molecule is CC(C)(O)O[C@H](C=O)CC(=O)O. The van der Waals surface area contributed by atoms with Gasteiger partial charge in [-0.05, 0) is 13.8 Å². The first-order chi connectivity index (χ1) is 5.35. The fraction of sp³-hybridized carbons (Fsp3) is 0.714. The molecule has 0 saturated heterocycles. The molecule has 2 N–H and O–H groups in total. The summed E-state index contributed by atoms with van der Waals surface area (Å²) in [5.41, 5.74) is 0. The second-order valence-corrected chi connectivity index (χ2v) is 2.84. The molecule has 70 valence electrons. The number of hydrogen-bond acceptors (Lipinski definition) is 4. The second kappa shape index (κ2) is 4.18. The number of aliphatic carboxylic acids is 1. The average molecular weight is 176 g/mol. The van der Waals surface area contributed by atoms with Gasteiger partial charge >= 0.3 is 5.97 Å². The van der Waals surface area contributed by atoms with Crippen LogP contribution in [-0.2, 0) is 14.3 Å². The number of rotatable bonds is 5. The minimum Gasteiger partial charge on any atom is -0.481 e. The molecule has 5 heteroatoms. The Balaban J connectivity index is 4.00. The van der Waals surface area contributed by atoms with Crippen molar-refractivity contribution in [3.05, 3.63) is 0 Å². The predicted molar refractivity (Wildman–Crippen MR) is 39.5 cm³/mol. The highest BCUT2D eigenvalue weighted by atomic mass is 16.6. The molecule has 0 aliphatic heterocycles. The van der Waals surface area contributed by atoms with Gasteiger partial charge in [0.2, 0.25) is 0 Å². The van der Waals surface area contributed by atoms with Gasteiger partial charge in [0.25, 0.3) is 0 Å². The first-order valence-corrected chi connectivity index (χ1v) is 3.42. The quantitative estimate of drug-likeness (QED) is 0.446. The average Bonchev–Trinajstić information content (AvgIpc) is 1.82. The molecule has 0 rings (SSSR count). The van der Waals surface area contributed by atoms with Crippen LogP contribution in [0.5, 0.6) is 0 Å². The van der Waals surface area contributed by atoms with Crippen molar-refractivity contribution < 1.29 is 24.5 Å². The van der Waals surface area contributed by atoms with Gasteiger partial charge in [-0.25, -0.2) is 0 Å². The van der Waals surface area contributed by atoms with Crippen molar-refractivity contribution in [3.8, 4) is 0 Å². The van der Waals surface area contributed by atoms with Gasteiger partial charge in [-0.15, -0.1) is 0 Å². The standard InChI is InChI=1S/C7H12O5/c1-7(2,11)12-5(4-8)3-6(9)10/h4-5,11H,3H2,1-2H3,(H,9,10)/t5-/m0/s1. The smallest absolute Gasteiger partial charge is 0.306 e. The maximum Gasteiger partial charge on any atom is 0.306 e. The van der Waals surface area contributed by atoms with Crippen LogP contribution < -0.4 is 0 Å². The van der Waals surface area contributed by atoms with Gasteiger partial charge in [-0.1, -0.05) is 0 Å². The summed E-state index contributed by atoms with van der Waals surface area (Å²) in [5.74, 6) is -2.63. The number of aldehydes is 1. The summed E-state index contributed by atoms with van der Waals surface area (Å²) in [5, 5.41) is 17.3. The molecule has 5 nitrogen and oxygen atoms in total. The highest BCUT2D eigenvalue weighted by Gasteiger charge is 2.21. The summed E-state index contributed by atoms with van der Waals surface area (Å²) < 4.78 is 4.70. The van der Waals surface area contributed by atoms with E-state index in [4.69, 9.17) is 14.9 Å². The van der Waals surface area contributed by atoms with Crippen LogP contribution in [-0.4, -0.2) is 34.4 Å². The fourth-order valence-electron chi connectivity index (χ4n) is 0.660. The van der Waals surface area contributed by atoms with Crippen LogP contribution in [0.1, 0.15) is 20.3 Å². The molecule has 0 spiro atoms. The Kier molecular flexibility index (Phi) is 3.85. The lowest BCUT2D eigenvalue weighted by molar-refractivity contribution is -0.204. The molecule has 0 heterocycles. The molecule has 0 bridgehead atoms. The van der Waals surface area contributed by atoms with Crippen molar-refractivity contribution >= 4 is 12.3 Å². The second-order valence-electron chi connectivity index (χ2n) is 2.84. The van der Waals surface area contributed by atoms with Crippen LogP contribution in [0, 0.1) is 0 Å². The minimum atomic E-state index is -1.49. The van der Waals surface area contributed by atoms with Crippen LogP contribution in [0.25, 0.3) is 0 Å². The first-order valence-electron chi connectivity index (χ1n) is 3.42. The van der Waals surface area contributed by atoms with Crippen LogP contribution in [0.2, 0.25) is 0 Å². The van der Waals surface area contributed by atoms with Gasteiger partial charge in [0.05, 0.1) is 6.42 Å². The monoisotopic (exact) mass is 176 g/mol. The molecule has 0 aliphatic carbocycles. The van der Waals surface area contributed by atoms with Gasteiger partial charge in [0.1, 0.15) is 12.4 Å². The highest BCUT2D eigenvalue weighted by molar-refractivity contribution is 5.73. The molecule has 0 aliphatic rings. The molecule has 0 aromatic carbocycles. The third-order valence-electron chi connectivity index (χ3n) is 0.967. The lowest BCUT2D eigenvalue weighted by Gasteiger charge is -2.21. The van der Waals surface area contributed by atoms with Gasteiger partial charge in [-0.2, -0.15) is 0 Å². The molecule has 0 aromatic rings. The van der Waals surface area contributed by atoms with Gasteiger partial charge in [0.15, 0.2) is 5.79 Å². The third kappa shape index (κ3) is 5.82. The molecular weight excluding hydrogens is 164 g/mol. The van der Waals surface area contributed by atoms with Crippen molar-refractivity contribution in [2.45, 2.75) is 32.2 Å². The molecule has 0 aromatic heterocycles. The van der Waals surface area contributed by atoms with Gasteiger partial charge in [-0.3, -0.25) is 4.79 Å². The van der Waals surface area contributed by atoms with Crippen molar-refractivity contribution in [1.82, 2.24) is 0 Å². The van der Waals surface area contributed by atoms with Crippen LogP contribution in [0.3, 0.4) is 0 Å². The number of hydrogen-bond donors (Lipinski definition) is 2. The van der Waals surface area contributed by atoms with E-state index in [0.717, 1.165) is 0 Å². The maximum absolute atomic E-state index is 10.2. The number of carboxylic acids is 1. The predicted octanol–water partition coefficient (Wildman–Crippen LogP) is -0.226. The number of ether oxygens (including phenoxy) is 1. The number of carbonyl (C=O) groups excluding carboxylic acids is 1. The van der Waals surface area contributed by atoms with E-state index in [1.807, 2.05) is 0 Å². The highest BCUT2D eigenvalue weighted by Crippen LogP contribution is 2.08. The Labute approximate surface area is 70.0 Å². The molecule has 0 saturated carbocycles. The normalized spacial score (nSPS) is 13.9. The van der Waals surface area contributed by atoms with Crippen molar-refractivity contribution in [2.24, 2.45) is 0 Å². The van der Waals surface area contributed by atoms with E-state index < -0.39 is 24.3 Å². The summed E-state index contributed by atoms with van der Waals surface area (Å²) in [6.45, 7) is 2.65. The zero-order valence-electron chi connectivity index (χ0n) is 6.98. The summed E-state index contributed by atoms with van der Waals surface area (Å²) in [7, 11) is 0. The number of carboxylic acid groups (broad SMARTS) is 1. The molecule has 1 atom stereocenters. The summed E-state index contributed by atoms with van der Waals surface area (Å²) in [4.78, 5) is 20.4. The van der Waals surface area contributed by atoms with E-state index in [1.54, 1.807) is 0 Å². The third-order valence-corrected chi connectivity index (χ3v) is 0.967. The van der Waals surface area contributed by atoms with E-state index in [-0.39, 0.29) is 0 Å². The lowest BCUT2D eigenvalue weighted by atomic mass is 10.2. The van der Waals surface area contributed by atoms with Crippen molar-refractivity contribution in [1.29, 1.82) is 0 Å². The maximum atomic E-state index is 10.2. The molecule has 0 radical (unpaired) electrons. The van der Waals surface area contributed by atoms with Gasteiger partial charge < -0.3 is 19.7 Å². The first kappa shape index (κ1) is 11.1. The minimum absolute atomic E-state index is 0.353. The van der Waals surface area contributed by atoms with Crippen molar-refractivity contribution in [3.63, 3.8) is 0 Å². The van der Waals surface area contributed by atoms with Crippen LogP contribution >= 0.6 is 0 Å². The van der Waals surface area contributed by atoms with Crippen molar-refractivity contribution in [2.75, 3.05) is 0 Å². The topological polar surface area (TPSA) is 83.8 Å². The molecular formula is C7H12O5. The van der Waals surface area contributed by atoms with E-state index in [0.29, 0.717) is 6.29 Å². The Morgan fingerprint density at radius 3 is 2.42 bits per heavy atom. The number of aliphatic hydroxyl groups is 1. The van der Waals surface area contributed by atoms with Gasteiger partial charge in [0, 0.05) is 0 Å². The van der Waals surface area contributed by atoms with E-state index in [1.165, 1.54) is 13.8 Å². The Bertz CT molecular complexity index is 169. The molecule has 0 unspecified atom stereocenters.